The lowest BCUT2D eigenvalue weighted by molar-refractivity contribution is 0.567. The molecule has 0 aliphatic rings. The third kappa shape index (κ3) is 4.46. The maximum Gasteiger partial charge on any atom is 0.0629 e. The molecule has 1 aromatic carbocycles. The molecule has 0 aliphatic carbocycles. The highest BCUT2D eigenvalue weighted by atomic mass is 79.9. The van der Waals surface area contributed by atoms with Crippen LogP contribution < -0.4 is 5.32 Å². The number of rotatable bonds is 5. The first-order valence-corrected chi connectivity index (χ1v) is 7.29. The Hall–Kier alpha value is -0.0200. The molecule has 0 spiro atoms. The van der Waals surface area contributed by atoms with Crippen LogP contribution in [-0.4, -0.2) is 6.54 Å². The Morgan fingerprint density at radius 2 is 1.75 bits per heavy atom. The van der Waals surface area contributed by atoms with Crippen LogP contribution in [0.4, 0.5) is 5.69 Å². The lowest BCUT2D eigenvalue weighted by Crippen LogP contribution is -2.04. The Balaban J connectivity index is 2.54. The van der Waals surface area contributed by atoms with Gasteiger partial charge in [-0.2, -0.15) is 0 Å². The van der Waals surface area contributed by atoms with Crippen molar-refractivity contribution in [1.29, 1.82) is 0 Å². The lowest BCUT2D eigenvalue weighted by atomic mass is 10.1. The minimum absolute atomic E-state index is 0.784. The van der Waals surface area contributed by atoms with Crippen molar-refractivity contribution in [2.45, 2.75) is 33.6 Å². The fraction of sp³-hybridized carbons (Fsp3) is 0.538. The van der Waals surface area contributed by atoms with Crippen molar-refractivity contribution in [3.05, 3.63) is 26.6 Å². The largest absolute Gasteiger partial charge is 0.383 e. The van der Waals surface area contributed by atoms with Gasteiger partial charge in [0.25, 0.3) is 0 Å². The van der Waals surface area contributed by atoms with Crippen molar-refractivity contribution >= 4 is 37.5 Å². The van der Waals surface area contributed by atoms with Crippen molar-refractivity contribution in [2.24, 2.45) is 5.92 Å². The standard InChI is InChI=1S/C13H19Br2N/c1-9(2)5-4-6-16-13-11(14)7-10(3)8-12(13)15/h7-9,16H,4-6H2,1-3H3. The first-order valence-electron chi connectivity index (χ1n) is 5.70. The molecule has 0 saturated carbocycles. The molecular weight excluding hydrogens is 330 g/mol. The Kier molecular flexibility index (Phi) is 5.84. The van der Waals surface area contributed by atoms with E-state index in [-0.39, 0.29) is 0 Å². The summed E-state index contributed by atoms with van der Waals surface area (Å²) >= 11 is 7.17. The maximum atomic E-state index is 3.59. The third-order valence-corrected chi connectivity index (χ3v) is 3.70. The number of hydrogen-bond acceptors (Lipinski definition) is 1. The normalized spacial score (nSPS) is 10.9. The summed E-state index contributed by atoms with van der Waals surface area (Å²) in [5.74, 6) is 0.784. The molecular formula is C13H19Br2N. The van der Waals surface area contributed by atoms with Crippen molar-refractivity contribution in [3.63, 3.8) is 0 Å². The maximum absolute atomic E-state index is 3.59. The van der Waals surface area contributed by atoms with E-state index < -0.39 is 0 Å². The Morgan fingerprint density at radius 3 is 2.25 bits per heavy atom. The van der Waals surface area contributed by atoms with Gasteiger partial charge in [0, 0.05) is 15.5 Å². The van der Waals surface area contributed by atoms with Gasteiger partial charge in [0.2, 0.25) is 0 Å². The molecule has 1 nitrogen and oxygen atoms in total. The number of hydrogen-bond donors (Lipinski definition) is 1. The van der Waals surface area contributed by atoms with Gasteiger partial charge in [-0.15, -0.1) is 0 Å². The van der Waals surface area contributed by atoms with Crippen LogP contribution in [0.3, 0.4) is 0 Å². The number of anilines is 1. The van der Waals surface area contributed by atoms with Crippen molar-refractivity contribution in [2.75, 3.05) is 11.9 Å². The molecule has 90 valence electrons. The van der Waals surface area contributed by atoms with Crippen LogP contribution in [0.2, 0.25) is 0 Å². The van der Waals surface area contributed by atoms with Gasteiger partial charge in [-0.3, -0.25) is 0 Å². The minimum Gasteiger partial charge on any atom is -0.383 e. The van der Waals surface area contributed by atoms with E-state index >= 15 is 0 Å². The van der Waals surface area contributed by atoms with E-state index in [1.165, 1.54) is 18.4 Å². The second kappa shape index (κ2) is 6.65. The number of aryl methyl sites for hydroxylation is 1. The van der Waals surface area contributed by atoms with Gasteiger partial charge in [0.1, 0.15) is 0 Å². The number of halogens is 2. The summed E-state index contributed by atoms with van der Waals surface area (Å²) in [5, 5.41) is 3.47. The summed E-state index contributed by atoms with van der Waals surface area (Å²) in [4.78, 5) is 0. The van der Waals surface area contributed by atoms with Crippen LogP contribution in [-0.2, 0) is 0 Å². The molecule has 0 radical (unpaired) electrons. The molecule has 0 unspecified atom stereocenters. The van der Waals surface area contributed by atoms with E-state index in [9.17, 15) is 0 Å². The average Bonchev–Trinajstić information content (AvgIpc) is 2.14. The van der Waals surface area contributed by atoms with E-state index in [0.717, 1.165) is 27.1 Å². The summed E-state index contributed by atoms with van der Waals surface area (Å²) in [5.41, 5.74) is 2.42. The summed E-state index contributed by atoms with van der Waals surface area (Å²) in [6.45, 7) is 7.64. The minimum atomic E-state index is 0.784. The van der Waals surface area contributed by atoms with Crippen molar-refractivity contribution < 1.29 is 0 Å². The SMILES string of the molecule is Cc1cc(Br)c(NCCCC(C)C)c(Br)c1. The molecule has 1 rings (SSSR count). The predicted molar refractivity (Wildman–Crippen MR) is 79.1 cm³/mol. The first-order chi connectivity index (χ1) is 7.50. The molecule has 0 bridgehead atoms. The molecule has 0 aromatic heterocycles. The van der Waals surface area contributed by atoms with Gasteiger partial charge < -0.3 is 5.32 Å². The van der Waals surface area contributed by atoms with Crippen LogP contribution in [0.15, 0.2) is 21.1 Å². The van der Waals surface area contributed by atoms with Gasteiger partial charge in [0.05, 0.1) is 5.69 Å². The fourth-order valence-corrected chi connectivity index (χ4v) is 3.29. The summed E-state index contributed by atoms with van der Waals surface area (Å²) in [6.07, 6.45) is 2.48. The summed E-state index contributed by atoms with van der Waals surface area (Å²) in [7, 11) is 0. The quantitative estimate of drug-likeness (QED) is 0.705. The van der Waals surface area contributed by atoms with Gasteiger partial charge in [0.15, 0.2) is 0 Å². The van der Waals surface area contributed by atoms with Crippen LogP contribution in [0.1, 0.15) is 32.3 Å². The van der Waals surface area contributed by atoms with E-state index in [0.29, 0.717) is 0 Å². The molecule has 0 heterocycles. The smallest absolute Gasteiger partial charge is 0.0629 e. The van der Waals surface area contributed by atoms with Gasteiger partial charge in [-0.25, -0.2) is 0 Å². The lowest BCUT2D eigenvalue weighted by Gasteiger charge is -2.12. The highest BCUT2D eigenvalue weighted by Gasteiger charge is 2.05. The molecule has 3 heteroatoms. The second-order valence-electron chi connectivity index (χ2n) is 4.57. The van der Waals surface area contributed by atoms with E-state index in [1.807, 2.05) is 0 Å². The topological polar surface area (TPSA) is 12.0 Å². The van der Waals surface area contributed by atoms with Crippen LogP contribution >= 0.6 is 31.9 Å². The first kappa shape index (κ1) is 14.0. The Labute approximate surface area is 115 Å². The fourth-order valence-electron chi connectivity index (χ4n) is 1.59. The highest BCUT2D eigenvalue weighted by molar-refractivity contribution is 9.11. The second-order valence-corrected chi connectivity index (χ2v) is 6.28. The zero-order chi connectivity index (χ0) is 12.1. The summed E-state index contributed by atoms with van der Waals surface area (Å²) in [6, 6.07) is 4.27. The predicted octanol–water partition coefficient (Wildman–Crippen LogP) is 5.37. The van der Waals surface area contributed by atoms with Crippen LogP contribution in [0, 0.1) is 12.8 Å². The zero-order valence-electron chi connectivity index (χ0n) is 10.1. The molecule has 0 atom stereocenters. The number of nitrogens with one attached hydrogen (secondary N) is 1. The molecule has 0 aliphatic heterocycles. The molecule has 0 amide bonds. The molecule has 1 N–H and O–H groups in total. The monoisotopic (exact) mass is 347 g/mol. The van der Waals surface area contributed by atoms with Crippen LogP contribution in [0.5, 0.6) is 0 Å². The summed E-state index contributed by atoms with van der Waals surface area (Å²) < 4.78 is 2.26. The van der Waals surface area contributed by atoms with Crippen molar-refractivity contribution in [1.82, 2.24) is 0 Å². The van der Waals surface area contributed by atoms with Gasteiger partial charge in [-0.1, -0.05) is 13.8 Å². The van der Waals surface area contributed by atoms with Gasteiger partial charge >= 0.3 is 0 Å². The third-order valence-electron chi connectivity index (χ3n) is 2.45. The van der Waals surface area contributed by atoms with E-state index in [1.54, 1.807) is 0 Å². The van der Waals surface area contributed by atoms with E-state index in [4.69, 9.17) is 0 Å². The molecule has 0 fully saturated rings. The zero-order valence-corrected chi connectivity index (χ0v) is 13.3. The van der Waals surface area contributed by atoms with E-state index in [2.05, 4.69) is 70.1 Å². The molecule has 0 saturated heterocycles. The van der Waals surface area contributed by atoms with Crippen LogP contribution in [0.25, 0.3) is 0 Å². The average molecular weight is 349 g/mol. The Bertz CT molecular complexity index is 325. The Morgan fingerprint density at radius 1 is 1.19 bits per heavy atom. The van der Waals surface area contributed by atoms with Gasteiger partial charge in [-0.05, 0) is 75.2 Å². The molecule has 1 aromatic rings. The number of benzene rings is 1. The molecule has 16 heavy (non-hydrogen) atoms. The highest BCUT2D eigenvalue weighted by Crippen LogP contribution is 2.32. The van der Waals surface area contributed by atoms with Crippen molar-refractivity contribution in [3.8, 4) is 0 Å².